The van der Waals surface area contributed by atoms with Gasteiger partial charge in [0, 0.05) is 17.4 Å². The average molecular weight is 454 g/mol. The monoisotopic (exact) mass is 453 g/mol. The van der Waals surface area contributed by atoms with Gasteiger partial charge in [0.2, 0.25) is 5.91 Å². The Kier molecular flexibility index (Phi) is 14.7. The van der Waals surface area contributed by atoms with Crippen molar-refractivity contribution in [2.24, 2.45) is 11.8 Å². The quantitative estimate of drug-likeness (QED) is 0.236. The van der Waals surface area contributed by atoms with Gasteiger partial charge < -0.3 is 15.5 Å². The fourth-order valence-electron chi connectivity index (χ4n) is 2.64. The van der Waals surface area contributed by atoms with Gasteiger partial charge in [0.15, 0.2) is 0 Å². The molecule has 0 bridgehead atoms. The molecule has 0 heterocycles. The molecule has 0 aromatic heterocycles. The van der Waals surface area contributed by atoms with Crippen molar-refractivity contribution in [3.63, 3.8) is 0 Å². The van der Waals surface area contributed by atoms with Crippen LogP contribution in [0.25, 0.3) is 0 Å². The molecule has 176 valence electrons. The molecule has 0 rings (SSSR count). The van der Waals surface area contributed by atoms with E-state index >= 15 is 0 Å². The van der Waals surface area contributed by atoms with Crippen molar-refractivity contribution in [2.45, 2.75) is 73.3 Å². The van der Waals surface area contributed by atoms with Gasteiger partial charge in [-0.1, -0.05) is 48.8 Å². The van der Waals surface area contributed by atoms with E-state index in [-0.39, 0.29) is 5.75 Å². The summed E-state index contributed by atoms with van der Waals surface area (Å²) in [5.41, 5.74) is 3.99. The number of allylic oxidation sites excluding steroid dienone is 5. The number of amides is 1. The van der Waals surface area contributed by atoms with Gasteiger partial charge in [0.05, 0.1) is 5.92 Å². The number of carbonyl (C=O) groups excluding carboxylic acids is 1. The summed E-state index contributed by atoms with van der Waals surface area (Å²) in [5, 5.41) is 20.8. The summed E-state index contributed by atoms with van der Waals surface area (Å²) < 4.78 is 0. The first kappa shape index (κ1) is 29.0. The molecular weight excluding hydrogens is 414 g/mol. The summed E-state index contributed by atoms with van der Waals surface area (Å²) in [5.74, 6) is -3.55. The summed E-state index contributed by atoms with van der Waals surface area (Å²) in [6, 6.07) is -1.04. The van der Waals surface area contributed by atoms with Crippen LogP contribution in [0.3, 0.4) is 0 Å². The predicted octanol–water partition coefficient (Wildman–Crippen LogP) is 5.07. The molecule has 0 spiro atoms. The van der Waals surface area contributed by atoms with Gasteiger partial charge >= 0.3 is 11.9 Å². The number of thioether (sulfide) groups is 1. The first-order valence-corrected chi connectivity index (χ1v) is 11.9. The van der Waals surface area contributed by atoms with E-state index in [0.29, 0.717) is 5.75 Å². The van der Waals surface area contributed by atoms with Crippen LogP contribution in [-0.4, -0.2) is 45.6 Å². The van der Waals surface area contributed by atoms with Crippen LogP contribution in [0.4, 0.5) is 0 Å². The van der Waals surface area contributed by atoms with Crippen LogP contribution in [0.15, 0.2) is 34.9 Å². The molecule has 0 saturated carbocycles. The molecular formula is C24H39NO5S. The highest BCUT2D eigenvalue weighted by molar-refractivity contribution is 7.99. The molecule has 3 atom stereocenters. The van der Waals surface area contributed by atoms with E-state index in [1.54, 1.807) is 0 Å². The third kappa shape index (κ3) is 13.8. The molecule has 0 unspecified atom stereocenters. The maximum Gasteiger partial charge on any atom is 0.327 e. The van der Waals surface area contributed by atoms with Gasteiger partial charge in [0.25, 0.3) is 0 Å². The van der Waals surface area contributed by atoms with Gasteiger partial charge in [-0.05, 0) is 53.4 Å². The van der Waals surface area contributed by atoms with Gasteiger partial charge in [-0.3, -0.25) is 9.59 Å². The zero-order chi connectivity index (χ0) is 24.0. The minimum Gasteiger partial charge on any atom is -0.481 e. The molecule has 0 radical (unpaired) electrons. The third-order valence-electron chi connectivity index (χ3n) is 5.12. The predicted molar refractivity (Wildman–Crippen MR) is 128 cm³/mol. The summed E-state index contributed by atoms with van der Waals surface area (Å²) in [6.45, 7) is 11.4. The standard InChI is InChI=1S/C24H39NO5S/c1-16(2)9-7-10-17(3)11-8-12-18(4)13-14-31-15-21(24(29)30)25-22(26)19(5)20(6)23(27)28/h9,11,13,19-21H,7-8,10,12,14-15H2,1-6H3,(H,25,26)(H,27,28)(H,29,30)/t19-,20+,21-/m0/s1. The lowest BCUT2D eigenvalue weighted by Crippen LogP contribution is -2.46. The highest BCUT2D eigenvalue weighted by Crippen LogP contribution is 2.14. The number of rotatable bonds is 15. The zero-order valence-corrected chi connectivity index (χ0v) is 20.6. The van der Waals surface area contributed by atoms with Crippen molar-refractivity contribution in [1.82, 2.24) is 5.32 Å². The highest BCUT2D eigenvalue weighted by atomic mass is 32.2. The Labute approximate surface area is 191 Å². The maximum atomic E-state index is 12.1. The molecule has 0 fully saturated rings. The first-order valence-electron chi connectivity index (χ1n) is 10.7. The molecule has 0 saturated heterocycles. The molecule has 3 N–H and O–H groups in total. The molecule has 0 aromatic carbocycles. The van der Waals surface area contributed by atoms with E-state index in [9.17, 15) is 19.5 Å². The minimum atomic E-state index is -1.12. The fraction of sp³-hybridized carbons (Fsp3) is 0.625. The van der Waals surface area contributed by atoms with Gasteiger partial charge in [-0.2, -0.15) is 11.8 Å². The zero-order valence-electron chi connectivity index (χ0n) is 19.7. The summed E-state index contributed by atoms with van der Waals surface area (Å²) in [4.78, 5) is 34.6. The molecule has 1 amide bonds. The van der Waals surface area contributed by atoms with Crippen LogP contribution < -0.4 is 5.32 Å². The number of carbonyl (C=O) groups is 3. The number of hydrogen-bond donors (Lipinski definition) is 3. The van der Waals surface area contributed by atoms with E-state index in [4.69, 9.17) is 5.11 Å². The summed E-state index contributed by atoms with van der Waals surface area (Å²) >= 11 is 1.43. The Morgan fingerprint density at radius 1 is 0.839 bits per heavy atom. The van der Waals surface area contributed by atoms with Crippen molar-refractivity contribution in [1.29, 1.82) is 0 Å². The van der Waals surface area contributed by atoms with E-state index in [1.807, 2.05) is 0 Å². The number of nitrogens with one attached hydrogen (secondary N) is 1. The number of carboxylic acid groups (broad SMARTS) is 2. The van der Waals surface area contributed by atoms with Crippen molar-refractivity contribution >= 4 is 29.6 Å². The second-order valence-corrected chi connectivity index (χ2v) is 9.39. The molecule has 31 heavy (non-hydrogen) atoms. The van der Waals surface area contributed by atoms with E-state index in [0.717, 1.165) is 25.7 Å². The lowest BCUT2D eigenvalue weighted by molar-refractivity contribution is -0.147. The molecule has 0 aliphatic rings. The Morgan fingerprint density at radius 2 is 1.39 bits per heavy atom. The van der Waals surface area contributed by atoms with Crippen molar-refractivity contribution in [2.75, 3.05) is 11.5 Å². The minimum absolute atomic E-state index is 0.225. The fourth-order valence-corrected chi connectivity index (χ4v) is 3.64. The molecule has 0 aliphatic heterocycles. The number of hydrogen-bond acceptors (Lipinski definition) is 4. The lowest BCUT2D eigenvalue weighted by Gasteiger charge is -2.19. The van der Waals surface area contributed by atoms with Crippen LogP contribution in [-0.2, 0) is 14.4 Å². The topological polar surface area (TPSA) is 104 Å². The Morgan fingerprint density at radius 3 is 1.90 bits per heavy atom. The molecule has 0 aromatic rings. The lowest BCUT2D eigenvalue weighted by atomic mass is 9.95. The van der Waals surface area contributed by atoms with Crippen molar-refractivity contribution in [3.8, 4) is 0 Å². The largest absolute Gasteiger partial charge is 0.481 e. The van der Waals surface area contributed by atoms with Gasteiger partial charge in [-0.15, -0.1) is 0 Å². The van der Waals surface area contributed by atoms with Gasteiger partial charge in [0.1, 0.15) is 6.04 Å². The Hall–Kier alpha value is -2.02. The Balaban J connectivity index is 4.41. The summed E-state index contributed by atoms with van der Waals surface area (Å²) in [6.07, 6.45) is 10.7. The number of aliphatic carboxylic acids is 2. The average Bonchev–Trinajstić information content (AvgIpc) is 2.68. The normalized spacial score (nSPS) is 15.0. The van der Waals surface area contributed by atoms with E-state index in [1.165, 1.54) is 42.3 Å². The van der Waals surface area contributed by atoms with E-state index < -0.39 is 35.7 Å². The Bertz CT molecular complexity index is 692. The van der Waals surface area contributed by atoms with Gasteiger partial charge in [-0.25, -0.2) is 4.79 Å². The number of carboxylic acids is 2. The second-order valence-electron chi connectivity index (χ2n) is 8.31. The maximum absolute atomic E-state index is 12.1. The van der Waals surface area contributed by atoms with Crippen LogP contribution in [0.2, 0.25) is 0 Å². The van der Waals surface area contributed by atoms with Crippen LogP contribution >= 0.6 is 11.8 Å². The van der Waals surface area contributed by atoms with Crippen LogP contribution in [0.1, 0.15) is 67.2 Å². The molecule has 7 heteroatoms. The SMILES string of the molecule is CC(C)=CCCC(C)=CCCC(C)=CCSC[C@H](NC(=O)[C@@H](C)[C@@H](C)C(=O)O)C(=O)O. The smallest absolute Gasteiger partial charge is 0.327 e. The van der Waals surface area contributed by atoms with E-state index in [2.05, 4.69) is 51.2 Å². The third-order valence-corrected chi connectivity index (χ3v) is 6.10. The molecule has 0 aliphatic carbocycles. The molecule has 6 nitrogen and oxygen atoms in total. The van der Waals surface area contributed by atoms with Crippen molar-refractivity contribution in [3.05, 3.63) is 34.9 Å². The summed E-state index contributed by atoms with van der Waals surface area (Å²) in [7, 11) is 0. The highest BCUT2D eigenvalue weighted by Gasteiger charge is 2.29. The second kappa shape index (κ2) is 15.7. The van der Waals surface area contributed by atoms with Crippen LogP contribution in [0.5, 0.6) is 0 Å². The van der Waals surface area contributed by atoms with Crippen LogP contribution in [0, 0.1) is 11.8 Å². The van der Waals surface area contributed by atoms with Crippen molar-refractivity contribution < 1.29 is 24.6 Å². The first-order chi connectivity index (χ1) is 14.5.